The van der Waals surface area contributed by atoms with Crippen molar-refractivity contribution in [3.8, 4) is 5.69 Å². The van der Waals surface area contributed by atoms with Crippen LogP contribution in [0.5, 0.6) is 0 Å². The van der Waals surface area contributed by atoms with E-state index < -0.39 is 17.6 Å². The van der Waals surface area contributed by atoms with E-state index in [1.165, 1.54) is 6.07 Å². The molecule has 132 valence electrons. The second-order valence-electron chi connectivity index (χ2n) is 6.54. The van der Waals surface area contributed by atoms with Crippen LogP contribution in [0.4, 0.5) is 17.6 Å². The highest BCUT2D eigenvalue weighted by atomic mass is 19.4. The van der Waals surface area contributed by atoms with Crippen LogP contribution < -0.4 is 0 Å². The van der Waals surface area contributed by atoms with E-state index in [1.54, 1.807) is 4.57 Å². The van der Waals surface area contributed by atoms with Gasteiger partial charge >= 0.3 is 6.18 Å². The molecule has 1 nitrogen and oxygen atoms in total. The molecule has 1 heterocycles. The van der Waals surface area contributed by atoms with Crippen molar-refractivity contribution in [2.75, 3.05) is 0 Å². The molecule has 0 saturated heterocycles. The van der Waals surface area contributed by atoms with Crippen molar-refractivity contribution >= 4 is 21.8 Å². The Morgan fingerprint density at radius 1 is 0.731 bits per heavy atom. The van der Waals surface area contributed by atoms with Crippen molar-refractivity contribution < 1.29 is 17.6 Å². The average molecular weight is 357 g/mol. The molecule has 0 amide bonds. The molecule has 4 rings (SSSR count). The van der Waals surface area contributed by atoms with Crippen molar-refractivity contribution in [2.24, 2.45) is 0 Å². The van der Waals surface area contributed by atoms with Crippen LogP contribution in [0.1, 0.15) is 16.7 Å². The smallest absolute Gasteiger partial charge is 0.309 e. The normalized spacial score (nSPS) is 12.2. The van der Waals surface area contributed by atoms with Gasteiger partial charge in [0.15, 0.2) is 0 Å². The predicted octanol–water partition coefficient (Wildman–Crippen LogP) is 6.56. The third kappa shape index (κ3) is 2.55. The standard InChI is InChI=1S/C21H15F4N/c1-12-3-6-18-15(9-12)16-10-13(2)4-7-19(16)26(18)20-8-5-14(22)11-17(20)21(23,24)25/h3-11H,1-2H3. The van der Waals surface area contributed by atoms with Gasteiger partial charge in [0, 0.05) is 10.8 Å². The van der Waals surface area contributed by atoms with Crippen LogP contribution in [-0.4, -0.2) is 4.57 Å². The lowest BCUT2D eigenvalue weighted by atomic mass is 10.1. The van der Waals surface area contributed by atoms with E-state index in [0.29, 0.717) is 17.1 Å². The summed E-state index contributed by atoms with van der Waals surface area (Å²) < 4.78 is 55.8. The number of hydrogen-bond donors (Lipinski definition) is 0. The van der Waals surface area contributed by atoms with Crippen LogP contribution in [-0.2, 0) is 6.18 Å². The van der Waals surface area contributed by atoms with Gasteiger partial charge in [-0.15, -0.1) is 0 Å². The molecule has 0 fully saturated rings. The number of alkyl halides is 3. The number of aromatic nitrogens is 1. The van der Waals surface area contributed by atoms with Crippen molar-refractivity contribution in [2.45, 2.75) is 20.0 Å². The van der Waals surface area contributed by atoms with Crippen molar-refractivity contribution in [1.82, 2.24) is 4.57 Å². The van der Waals surface area contributed by atoms with Gasteiger partial charge in [-0.1, -0.05) is 23.3 Å². The SMILES string of the molecule is Cc1ccc2c(c1)c1cc(C)ccc1n2-c1ccc(F)cc1C(F)(F)F. The van der Waals surface area contributed by atoms with Crippen molar-refractivity contribution in [3.05, 3.63) is 77.1 Å². The molecule has 0 N–H and O–H groups in total. The monoisotopic (exact) mass is 357 g/mol. The van der Waals surface area contributed by atoms with Crippen LogP contribution in [0.15, 0.2) is 54.6 Å². The third-order valence-electron chi connectivity index (χ3n) is 4.58. The highest BCUT2D eigenvalue weighted by Crippen LogP contribution is 2.39. The number of rotatable bonds is 1. The van der Waals surface area contributed by atoms with Crippen molar-refractivity contribution in [3.63, 3.8) is 0 Å². The van der Waals surface area contributed by atoms with E-state index >= 15 is 0 Å². The second kappa shape index (κ2) is 5.59. The maximum Gasteiger partial charge on any atom is 0.418 e. The number of halogens is 4. The molecule has 0 unspecified atom stereocenters. The summed E-state index contributed by atoms with van der Waals surface area (Å²) in [7, 11) is 0. The molecule has 0 saturated carbocycles. The van der Waals surface area contributed by atoms with Gasteiger partial charge in [0.1, 0.15) is 5.82 Å². The van der Waals surface area contributed by atoms with Gasteiger partial charge in [-0.3, -0.25) is 0 Å². The maximum absolute atomic E-state index is 13.6. The van der Waals surface area contributed by atoms with Gasteiger partial charge in [0.05, 0.1) is 22.3 Å². The maximum atomic E-state index is 13.6. The lowest BCUT2D eigenvalue weighted by Gasteiger charge is -2.16. The third-order valence-corrected chi connectivity index (χ3v) is 4.58. The van der Waals surface area contributed by atoms with Gasteiger partial charge in [-0.05, 0) is 56.3 Å². The molecular weight excluding hydrogens is 342 g/mol. The summed E-state index contributed by atoms with van der Waals surface area (Å²) in [5, 5.41) is 1.75. The first kappa shape index (κ1) is 16.6. The Hall–Kier alpha value is -2.82. The Labute approximate surface area is 147 Å². The van der Waals surface area contributed by atoms with Crippen LogP contribution in [0.2, 0.25) is 0 Å². The first-order chi connectivity index (χ1) is 12.3. The molecule has 0 radical (unpaired) electrons. The summed E-state index contributed by atoms with van der Waals surface area (Å²) in [6.07, 6.45) is -4.66. The number of nitrogens with zero attached hydrogens (tertiary/aromatic N) is 1. The molecule has 5 heteroatoms. The molecule has 0 aliphatic heterocycles. The summed E-state index contributed by atoms with van der Waals surface area (Å²) in [4.78, 5) is 0. The molecule has 3 aromatic carbocycles. The number of aryl methyl sites for hydroxylation is 2. The minimum Gasteiger partial charge on any atom is -0.309 e. The largest absolute Gasteiger partial charge is 0.418 e. The number of hydrogen-bond acceptors (Lipinski definition) is 0. The van der Waals surface area contributed by atoms with Gasteiger partial charge in [0.2, 0.25) is 0 Å². The zero-order valence-electron chi connectivity index (χ0n) is 14.2. The Balaban J connectivity index is 2.19. The van der Waals surface area contributed by atoms with Crippen molar-refractivity contribution in [1.29, 1.82) is 0 Å². The summed E-state index contributed by atoms with van der Waals surface area (Å²) >= 11 is 0. The van der Waals surface area contributed by atoms with E-state index in [-0.39, 0.29) is 5.69 Å². The number of fused-ring (bicyclic) bond motifs is 3. The van der Waals surface area contributed by atoms with E-state index in [1.807, 2.05) is 50.2 Å². The van der Waals surface area contributed by atoms with Crippen LogP contribution in [0.3, 0.4) is 0 Å². The van der Waals surface area contributed by atoms with E-state index in [4.69, 9.17) is 0 Å². The predicted molar refractivity (Wildman–Crippen MR) is 95.2 cm³/mol. The zero-order valence-corrected chi connectivity index (χ0v) is 14.2. The summed E-state index contributed by atoms with van der Waals surface area (Å²) in [5.74, 6) is -0.909. The minimum atomic E-state index is -4.66. The summed E-state index contributed by atoms with van der Waals surface area (Å²) in [5.41, 5.74) is 2.30. The van der Waals surface area contributed by atoms with Crippen LogP contribution >= 0.6 is 0 Å². The lowest BCUT2D eigenvalue weighted by Crippen LogP contribution is -2.11. The zero-order chi connectivity index (χ0) is 18.6. The summed E-state index contributed by atoms with van der Waals surface area (Å²) in [6, 6.07) is 14.1. The first-order valence-electron chi connectivity index (χ1n) is 8.14. The van der Waals surface area contributed by atoms with Gasteiger partial charge < -0.3 is 4.57 Å². The average Bonchev–Trinajstić information content (AvgIpc) is 2.87. The highest BCUT2D eigenvalue weighted by molar-refractivity contribution is 6.09. The molecule has 26 heavy (non-hydrogen) atoms. The molecule has 0 bridgehead atoms. The molecule has 0 atom stereocenters. The fourth-order valence-electron chi connectivity index (χ4n) is 3.44. The van der Waals surface area contributed by atoms with Crippen LogP contribution in [0.25, 0.3) is 27.5 Å². The lowest BCUT2D eigenvalue weighted by molar-refractivity contribution is -0.137. The van der Waals surface area contributed by atoms with E-state index in [2.05, 4.69) is 0 Å². The van der Waals surface area contributed by atoms with E-state index in [0.717, 1.165) is 28.0 Å². The molecule has 0 spiro atoms. The van der Waals surface area contributed by atoms with Gasteiger partial charge in [0.25, 0.3) is 0 Å². The van der Waals surface area contributed by atoms with Gasteiger partial charge in [-0.25, -0.2) is 4.39 Å². The minimum absolute atomic E-state index is 0.0772. The molecular formula is C21H15F4N. The van der Waals surface area contributed by atoms with Gasteiger partial charge in [-0.2, -0.15) is 13.2 Å². The quantitative estimate of drug-likeness (QED) is 0.340. The fourth-order valence-corrected chi connectivity index (χ4v) is 3.44. The Morgan fingerprint density at radius 3 is 1.77 bits per heavy atom. The Morgan fingerprint density at radius 2 is 1.27 bits per heavy atom. The topological polar surface area (TPSA) is 4.93 Å². The molecule has 0 aliphatic carbocycles. The molecule has 1 aromatic heterocycles. The Kier molecular flexibility index (Phi) is 3.58. The molecule has 0 aliphatic rings. The van der Waals surface area contributed by atoms with E-state index in [9.17, 15) is 17.6 Å². The first-order valence-corrected chi connectivity index (χ1v) is 8.14. The fraction of sp³-hybridized carbons (Fsp3) is 0.143. The Bertz CT molecular complexity index is 1090. The summed E-state index contributed by atoms with van der Waals surface area (Å²) in [6.45, 7) is 3.88. The van der Waals surface area contributed by atoms with Crippen LogP contribution in [0, 0.1) is 19.7 Å². The highest BCUT2D eigenvalue weighted by Gasteiger charge is 2.35. The second-order valence-corrected chi connectivity index (χ2v) is 6.54. The number of benzene rings is 3. The molecule has 4 aromatic rings.